The molecule has 0 heterocycles. The maximum absolute atomic E-state index is 9.33. The van der Waals surface area contributed by atoms with Crippen LogP contribution in [0, 0.1) is 0 Å². The summed E-state index contributed by atoms with van der Waals surface area (Å²) in [5.41, 5.74) is 6.00. The molecule has 0 saturated carbocycles. The second kappa shape index (κ2) is 15.9. The van der Waals surface area contributed by atoms with E-state index in [1.807, 2.05) is 0 Å². The smallest absolute Gasteiger partial charge is 0.305 e. The fourth-order valence-electron chi connectivity index (χ4n) is 0. The van der Waals surface area contributed by atoms with Gasteiger partial charge in [0.25, 0.3) is 0 Å². The number of halogens is 2. The van der Waals surface area contributed by atoms with Crippen molar-refractivity contribution < 1.29 is 45.9 Å². The van der Waals surface area contributed by atoms with Crippen molar-refractivity contribution >= 4 is 11.8 Å². The summed E-state index contributed by atoms with van der Waals surface area (Å²) in [4.78, 5) is 18.7. The average Bonchev–Trinajstić information content (AvgIpc) is 1.25. The molecule has 0 radical (unpaired) electrons. The zero-order chi connectivity index (χ0) is 7.15. The maximum atomic E-state index is 9.33. The van der Waals surface area contributed by atoms with Crippen molar-refractivity contribution in [1.29, 1.82) is 0 Å². The molecule has 10 heavy (non-hydrogen) atoms. The summed E-state index contributed by atoms with van der Waals surface area (Å²) in [5, 5.41) is 0. The highest BCUT2D eigenvalue weighted by Crippen LogP contribution is 1.28. The van der Waals surface area contributed by atoms with E-state index in [-0.39, 0.29) is 36.6 Å². The molecule has 64 valence electrons. The molecule has 4 nitrogen and oxygen atoms in total. The van der Waals surface area contributed by atoms with Gasteiger partial charge in [-0.2, -0.15) is 0 Å². The van der Waals surface area contributed by atoms with Crippen LogP contribution in [0.2, 0.25) is 0 Å². The van der Waals surface area contributed by atoms with Crippen molar-refractivity contribution in [3.63, 3.8) is 0 Å². The Hall–Kier alpha value is -0.160. The Balaban J connectivity index is -0.0000000300. The standard InChI is InChI=1S/2C2H5NO.2ClH/c2*1-2(3)4;;/h2*1H3,(H2,3,4);2*1H. The lowest BCUT2D eigenvalue weighted by Gasteiger charge is -1.53. The molecule has 0 rings (SSSR count). The van der Waals surface area contributed by atoms with Gasteiger partial charge >= 0.3 is 11.8 Å². The second-order valence-corrected chi connectivity index (χ2v) is 1.40. The second-order valence-electron chi connectivity index (χ2n) is 1.40. The summed E-state index contributed by atoms with van der Waals surface area (Å²) >= 11 is 0. The average molecular weight is 191 g/mol. The predicted molar refractivity (Wildman–Crippen MR) is 27.1 cm³/mol. The largest absolute Gasteiger partial charge is 1.00 e. The number of hydrogen-bond acceptors (Lipinski definition) is 2. The molecular weight excluding hydrogens is 179 g/mol. The highest BCUT2D eigenvalue weighted by molar-refractivity contribution is 5.60. The van der Waals surface area contributed by atoms with Gasteiger partial charge in [-0.3, -0.25) is 11.5 Å². The van der Waals surface area contributed by atoms with Gasteiger partial charge < -0.3 is 24.8 Å². The van der Waals surface area contributed by atoms with Gasteiger partial charge in [0, 0.05) is 0 Å². The highest BCUT2D eigenvalue weighted by Gasteiger charge is 1.69. The SMILES string of the molecule is CC([NH3+])=O.CC([NH3+])=O.[Cl-].[Cl-]. The molecule has 0 spiro atoms. The molecule has 0 aliphatic carbocycles. The lowest BCUT2D eigenvalue weighted by atomic mass is 10.8. The van der Waals surface area contributed by atoms with Gasteiger partial charge in [-0.25, -0.2) is 9.59 Å². The number of hydrogen-bond donors (Lipinski definition) is 2. The molecule has 0 atom stereocenters. The normalized spacial score (nSPS) is 5.20. The molecule has 0 fully saturated rings. The molecule has 0 bridgehead atoms. The van der Waals surface area contributed by atoms with E-state index in [9.17, 15) is 9.59 Å². The first-order valence-electron chi connectivity index (χ1n) is 2.12. The van der Waals surface area contributed by atoms with Crippen molar-refractivity contribution in [3.8, 4) is 0 Å². The lowest BCUT2D eigenvalue weighted by Crippen LogP contribution is -3.00. The van der Waals surface area contributed by atoms with Gasteiger partial charge in [-0.15, -0.1) is 0 Å². The number of carbonyl (C=O) groups is 2. The molecule has 0 aromatic carbocycles. The van der Waals surface area contributed by atoms with Gasteiger partial charge in [0.2, 0.25) is 0 Å². The van der Waals surface area contributed by atoms with Crippen molar-refractivity contribution in [3.05, 3.63) is 0 Å². The van der Waals surface area contributed by atoms with Crippen LogP contribution in [0.4, 0.5) is 0 Å². The maximum Gasteiger partial charge on any atom is 0.305 e. The van der Waals surface area contributed by atoms with E-state index >= 15 is 0 Å². The molecule has 0 unspecified atom stereocenters. The van der Waals surface area contributed by atoms with Crippen LogP contribution < -0.4 is 36.3 Å². The summed E-state index contributed by atoms with van der Waals surface area (Å²) in [6.07, 6.45) is 0. The van der Waals surface area contributed by atoms with Crippen molar-refractivity contribution in [2.45, 2.75) is 13.8 Å². The van der Waals surface area contributed by atoms with E-state index in [0.29, 0.717) is 0 Å². The Morgan fingerprint density at radius 1 is 0.900 bits per heavy atom. The first-order chi connectivity index (χ1) is 3.46. The fourth-order valence-corrected chi connectivity index (χ4v) is 0. The van der Waals surface area contributed by atoms with E-state index in [2.05, 4.69) is 11.5 Å². The van der Waals surface area contributed by atoms with Crippen LogP contribution in [0.15, 0.2) is 0 Å². The Kier molecular flexibility index (Phi) is 35.9. The van der Waals surface area contributed by atoms with Crippen molar-refractivity contribution in [2.75, 3.05) is 0 Å². The van der Waals surface area contributed by atoms with Gasteiger partial charge in [0.15, 0.2) is 0 Å². The van der Waals surface area contributed by atoms with E-state index in [1.54, 1.807) is 0 Å². The summed E-state index contributed by atoms with van der Waals surface area (Å²) in [7, 11) is 0. The highest BCUT2D eigenvalue weighted by atomic mass is 35.5. The van der Waals surface area contributed by atoms with Crippen LogP contribution in [0.3, 0.4) is 0 Å². The van der Waals surface area contributed by atoms with Gasteiger partial charge in [0.05, 0.1) is 13.8 Å². The first-order valence-corrected chi connectivity index (χ1v) is 2.12. The molecule has 0 aromatic heterocycles. The van der Waals surface area contributed by atoms with Crippen LogP contribution >= 0.6 is 0 Å². The summed E-state index contributed by atoms with van der Waals surface area (Å²) in [5.74, 6) is -0.167. The van der Waals surface area contributed by atoms with E-state index in [0.717, 1.165) is 0 Å². The predicted octanol–water partition coefficient (Wildman–Crippen LogP) is -8.44. The molecule has 6 N–H and O–H groups in total. The van der Waals surface area contributed by atoms with Crippen LogP contribution in [0.25, 0.3) is 0 Å². The van der Waals surface area contributed by atoms with Crippen LogP contribution in [-0.4, -0.2) is 11.8 Å². The number of rotatable bonds is 0. The summed E-state index contributed by atoms with van der Waals surface area (Å²) in [6, 6.07) is 0. The summed E-state index contributed by atoms with van der Waals surface area (Å²) in [6.45, 7) is 2.83. The Morgan fingerprint density at radius 2 is 0.900 bits per heavy atom. The zero-order valence-electron chi connectivity index (χ0n) is 5.99. The van der Waals surface area contributed by atoms with Gasteiger partial charge in [-0.05, 0) is 0 Å². The third-order valence-electron chi connectivity index (χ3n) is 0. The minimum atomic E-state index is -0.0833. The first kappa shape index (κ1) is 22.5. The Bertz CT molecular complexity index is 77.3. The van der Waals surface area contributed by atoms with Crippen molar-refractivity contribution in [2.24, 2.45) is 0 Å². The fraction of sp³-hybridized carbons (Fsp3) is 0.500. The third kappa shape index (κ3) is 14300. The van der Waals surface area contributed by atoms with E-state index in [1.165, 1.54) is 13.8 Å². The summed E-state index contributed by atoms with van der Waals surface area (Å²) < 4.78 is 0. The van der Waals surface area contributed by atoms with E-state index < -0.39 is 0 Å². The number of carbonyl (C=O) groups excluding carboxylic acids is 2. The lowest BCUT2D eigenvalue weighted by molar-refractivity contribution is -0.303. The molecule has 0 aliphatic rings. The topological polar surface area (TPSA) is 89.4 Å². The quantitative estimate of drug-likeness (QED) is 0.398. The molecule has 2 amide bonds. The minimum Gasteiger partial charge on any atom is -1.00 e. The molecular formula is C4H12Cl2N2O2. The molecule has 0 aromatic rings. The third-order valence-corrected chi connectivity index (χ3v) is 0. The van der Waals surface area contributed by atoms with Gasteiger partial charge in [-0.1, -0.05) is 0 Å². The molecule has 6 heteroatoms. The van der Waals surface area contributed by atoms with E-state index in [4.69, 9.17) is 0 Å². The Morgan fingerprint density at radius 3 is 0.900 bits per heavy atom. The number of quaternary nitrogens is 2. The van der Waals surface area contributed by atoms with Gasteiger partial charge in [0.1, 0.15) is 0 Å². The Labute approximate surface area is 72.1 Å². The zero-order valence-corrected chi connectivity index (χ0v) is 7.50. The van der Waals surface area contributed by atoms with Crippen LogP contribution in [0.5, 0.6) is 0 Å². The molecule has 0 saturated heterocycles. The van der Waals surface area contributed by atoms with Crippen LogP contribution in [0.1, 0.15) is 13.8 Å². The van der Waals surface area contributed by atoms with Crippen LogP contribution in [-0.2, 0) is 9.59 Å². The number of amides is 2. The van der Waals surface area contributed by atoms with Crippen molar-refractivity contribution in [1.82, 2.24) is 0 Å². The minimum absolute atomic E-state index is 0. The monoisotopic (exact) mass is 190 g/mol. The molecule has 0 aliphatic heterocycles.